The molecule has 5 heteroatoms. The minimum absolute atomic E-state index is 0.0360. The van der Waals surface area contributed by atoms with Crippen LogP contribution in [0.4, 0.5) is 5.82 Å². The Labute approximate surface area is 103 Å². The molecule has 1 aromatic heterocycles. The Kier molecular flexibility index (Phi) is 3.56. The first-order valence-corrected chi connectivity index (χ1v) is 6.10. The fourth-order valence-corrected chi connectivity index (χ4v) is 2.20. The third-order valence-electron chi connectivity index (χ3n) is 2.85. The van der Waals surface area contributed by atoms with Crippen molar-refractivity contribution in [1.82, 2.24) is 10.3 Å². The number of halogens is 1. The lowest BCUT2D eigenvalue weighted by molar-refractivity contribution is -0.120. The Hall–Kier alpha value is -0.940. The van der Waals surface area contributed by atoms with Crippen molar-refractivity contribution < 1.29 is 4.79 Å². The van der Waals surface area contributed by atoms with Crippen molar-refractivity contribution in [2.45, 2.75) is 6.92 Å². The van der Waals surface area contributed by atoms with Crippen LogP contribution in [0.2, 0.25) is 0 Å². The van der Waals surface area contributed by atoms with Crippen LogP contribution in [0.5, 0.6) is 0 Å². The predicted molar refractivity (Wildman–Crippen MR) is 66.1 cm³/mol. The number of nitrogens with one attached hydrogen (secondary N) is 2. The summed E-state index contributed by atoms with van der Waals surface area (Å²) >= 11 is 3.36. The highest BCUT2D eigenvalue weighted by molar-refractivity contribution is 9.10. The Bertz CT molecular complexity index is 397. The number of hydrogen-bond donors (Lipinski definition) is 2. The molecule has 0 aromatic carbocycles. The quantitative estimate of drug-likeness (QED) is 0.868. The highest BCUT2D eigenvalue weighted by Crippen LogP contribution is 2.22. The van der Waals surface area contributed by atoms with Crippen LogP contribution >= 0.6 is 15.9 Å². The summed E-state index contributed by atoms with van der Waals surface area (Å²) < 4.78 is 0.807. The highest BCUT2D eigenvalue weighted by Gasteiger charge is 2.29. The van der Waals surface area contributed by atoms with Crippen molar-refractivity contribution in [3.63, 3.8) is 0 Å². The normalized spacial score (nSPS) is 24.4. The van der Waals surface area contributed by atoms with Crippen molar-refractivity contribution in [3.8, 4) is 0 Å². The van der Waals surface area contributed by atoms with E-state index in [1.807, 2.05) is 12.1 Å². The van der Waals surface area contributed by atoms with Crippen LogP contribution in [0.3, 0.4) is 0 Å². The van der Waals surface area contributed by atoms with Crippen molar-refractivity contribution in [2.75, 3.05) is 18.4 Å². The summed E-state index contributed by atoms with van der Waals surface area (Å²) in [5.41, 5.74) is 0. The molecule has 0 saturated carbocycles. The van der Waals surface area contributed by atoms with Crippen LogP contribution < -0.4 is 10.6 Å². The maximum Gasteiger partial charge on any atom is 0.230 e. The highest BCUT2D eigenvalue weighted by atomic mass is 79.9. The van der Waals surface area contributed by atoms with E-state index in [4.69, 9.17) is 0 Å². The van der Waals surface area contributed by atoms with Crippen LogP contribution in [0.1, 0.15) is 6.92 Å². The van der Waals surface area contributed by atoms with E-state index >= 15 is 0 Å². The van der Waals surface area contributed by atoms with Crippen molar-refractivity contribution in [3.05, 3.63) is 22.8 Å². The molecule has 1 saturated heterocycles. The Morgan fingerprint density at radius 2 is 2.44 bits per heavy atom. The number of pyridine rings is 1. The first-order valence-electron chi connectivity index (χ1n) is 5.30. The monoisotopic (exact) mass is 283 g/mol. The Morgan fingerprint density at radius 3 is 3.06 bits per heavy atom. The second-order valence-corrected chi connectivity index (χ2v) is 4.92. The first kappa shape index (κ1) is 11.5. The van der Waals surface area contributed by atoms with Gasteiger partial charge in [0.1, 0.15) is 5.82 Å². The molecule has 86 valence electrons. The average Bonchev–Trinajstić information content (AvgIpc) is 2.68. The molecule has 1 aromatic rings. The molecular formula is C11H14BrN3O. The van der Waals surface area contributed by atoms with Crippen LogP contribution in [-0.2, 0) is 4.79 Å². The van der Waals surface area contributed by atoms with Gasteiger partial charge in [0.15, 0.2) is 0 Å². The number of aromatic nitrogens is 1. The van der Waals surface area contributed by atoms with Crippen molar-refractivity contribution >= 4 is 27.7 Å². The van der Waals surface area contributed by atoms with E-state index in [0.717, 1.165) is 17.6 Å². The third-order valence-corrected chi connectivity index (χ3v) is 3.49. The number of amides is 1. The lowest BCUT2D eigenvalue weighted by atomic mass is 9.97. The number of anilines is 1. The molecule has 1 fully saturated rings. The molecule has 0 spiro atoms. The largest absolute Gasteiger partial charge is 0.316 e. The average molecular weight is 284 g/mol. The van der Waals surface area contributed by atoms with Crippen molar-refractivity contribution in [1.29, 1.82) is 0 Å². The number of rotatable bonds is 2. The van der Waals surface area contributed by atoms with E-state index < -0.39 is 0 Å². The summed E-state index contributed by atoms with van der Waals surface area (Å²) in [6.45, 7) is 3.73. The maximum absolute atomic E-state index is 12.0. The molecule has 16 heavy (non-hydrogen) atoms. The summed E-state index contributed by atoms with van der Waals surface area (Å²) in [5, 5.41) is 6.06. The molecule has 0 unspecified atom stereocenters. The van der Waals surface area contributed by atoms with Gasteiger partial charge < -0.3 is 10.6 Å². The van der Waals surface area contributed by atoms with Crippen LogP contribution in [0.25, 0.3) is 0 Å². The number of nitrogens with zero attached hydrogens (tertiary/aromatic N) is 1. The molecule has 2 heterocycles. The molecule has 0 aliphatic carbocycles. The Morgan fingerprint density at radius 1 is 1.62 bits per heavy atom. The molecule has 2 rings (SSSR count). The lowest BCUT2D eigenvalue weighted by Crippen LogP contribution is -2.28. The number of hydrogen-bond acceptors (Lipinski definition) is 3. The van der Waals surface area contributed by atoms with Gasteiger partial charge >= 0.3 is 0 Å². The second kappa shape index (κ2) is 4.93. The van der Waals surface area contributed by atoms with Gasteiger partial charge in [-0.1, -0.05) is 6.92 Å². The zero-order chi connectivity index (χ0) is 11.5. The summed E-state index contributed by atoms with van der Waals surface area (Å²) in [4.78, 5) is 16.1. The number of carbonyl (C=O) groups excluding carboxylic acids is 1. The van der Waals surface area contributed by atoms with E-state index in [2.05, 4.69) is 38.5 Å². The smallest absolute Gasteiger partial charge is 0.230 e. The molecule has 2 atom stereocenters. The zero-order valence-corrected chi connectivity index (χ0v) is 10.6. The van der Waals surface area contributed by atoms with E-state index in [9.17, 15) is 4.79 Å². The summed E-state index contributed by atoms with van der Waals surface area (Å²) in [7, 11) is 0. The van der Waals surface area contributed by atoms with Gasteiger partial charge in [0.2, 0.25) is 5.91 Å². The third kappa shape index (κ3) is 2.41. The molecule has 1 amide bonds. The molecular weight excluding hydrogens is 270 g/mol. The van der Waals surface area contributed by atoms with E-state index in [1.54, 1.807) is 6.20 Å². The van der Waals surface area contributed by atoms with E-state index in [0.29, 0.717) is 11.7 Å². The van der Waals surface area contributed by atoms with Gasteiger partial charge in [-0.3, -0.25) is 4.79 Å². The van der Waals surface area contributed by atoms with Gasteiger partial charge in [0.05, 0.1) is 10.4 Å². The van der Waals surface area contributed by atoms with Gasteiger partial charge in [-0.2, -0.15) is 0 Å². The van der Waals surface area contributed by atoms with Crippen LogP contribution in [-0.4, -0.2) is 24.0 Å². The molecule has 4 nitrogen and oxygen atoms in total. The molecule has 1 aliphatic heterocycles. The van der Waals surface area contributed by atoms with Gasteiger partial charge in [0, 0.05) is 12.7 Å². The fourth-order valence-electron chi connectivity index (χ4n) is 1.85. The summed E-state index contributed by atoms with van der Waals surface area (Å²) in [6.07, 6.45) is 1.66. The minimum Gasteiger partial charge on any atom is -0.316 e. The van der Waals surface area contributed by atoms with Gasteiger partial charge in [0.25, 0.3) is 0 Å². The second-order valence-electron chi connectivity index (χ2n) is 4.07. The summed E-state index contributed by atoms with van der Waals surface area (Å²) in [5.74, 6) is 1.04. The molecule has 1 aliphatic rings. The van der Waals surface area contributed by atoms with Crippen LogP contribution in [0.15, 0.2) is 22.8 Å². The molecule has 0 bridgehead atoms. The Balaban J connectivity index is 2.05. The minimum atomic E-state index is 0.0360. The molecule has 2 N–H and O–H groups in total. The first-order chi connectivity index (χ1) is 7.68. The summed E-state index contributed by atoms with van der Waals surface area (Å²) in [6, 6.07) is 3.68. The SMILES string of the molecule is C[C@@H]1CNC[C@H]1C(=O)Nc1ncccc1Br. The lowest BCUT2D eigenvalue weighted by Gasteiger charge is -2.14. The molecule has 0 radical (unpaired) electrons. The van der Waals surface area contributed by atoms with Crippen LogP contribution in [0, 0.1) is 11.8 Å². The van der Waals surface area contributed by atoms with Crippen molar-refractivity contribution in [2.24, 2.45) is 11.8 Å². The van der Waals surface area contributed by atoms with Gasteiger partial charge in [-0.15, -0.1) is 0 Å². The van der Waals surface area contributed by atoms with E-state index in [-0.39, 0.29) is 11.8 Å². The number of carbonyl (C=O) groups is 1. The van der Waals surface area contributed by atoms with E-state index in [1.165, 1.54) is 0 Å². The standard InChI is InChI=1S/C11H14BrN3O/c1-7-5-13-6-8(7)11(16)15-10-9(12)3-2-4-14-10/h2-4,7-8,13H,5-6H2,1H3,(H,14,15,16)/t7-,8-/m1/s1. The van der Waals surface area contributed by atoms with Gasteiger partial charge in [-0.25, -0.2) is 4.98 Å². The fraction of sp³-hybridized carbons (Fsp3) is 0.455. The topological polar surface area (TPSA) is 54.0 Å². The maximum atomic E-state index is 12.0. The van der Waals surface area contributed by atoms with Gasteiger partial charge in [-0.05, 0) is 40.5 Å². The zero-order valence-electron chi connectivity index (χ0n) is 9.03. The predicted octanol–water partition coefficient (Wildman–Crippen LogP) is 1.64.